The Labute approximate surface area is 136 Å². The molecule has 116 valence electrons. The van der Waals surface area contributed by atoms with Gasteiger partial charge in [-0.3, -0.25) is 10.1 Å². The van der Waals surface area contributed by atoms with Crippen LogP contribution in [0.15, 0.2) is 57.9 Å². The van der Waals surface area contributed by atoms with Crippen LogP contribution in [0.3, 0.4) is 0 Å². The maximum Gasteiger partial charge on any atom is 0.269 e. The monoisotopic (exact) mass is 384 g/mol. The summed E-state index contributed by atoms with van der Waals surface area (Å²) >= 11 is 3.32. The van der Waals surface area contributed by atoms with E-state index in [0.29, 0.717) is 0 Å². The summed E-state index contributed by atoms with van der Waals surface area (Å²) < 4.78 is 28.0. The highest BCUT2D eigenvalue weighted by Gasteiger charge is 2.19. The van der Waals surface area contributed by atoms with Crippen LogP contribution in [0, 0.1) is 10.1 Å². The molecule has 0 aliphatic rings. The maximum absolute atomic E-state index is 12.3. The van der Waals surface area contributed by atoms with Crippen molar-refractivity contribution < 1.29 is 13.3 Å². The van der Waals surface area contributed by atoms with E-state index in [1.165, 1.54) is 24.3 Å². The van der Waals surface area contributed by atoms with Gasteiger partial charge in [0.15, 0.2) is 0 Å². The molecule has 0 aliphatic heterocycles. The number of benzene rings is 2. The highest BCUT2D eigenvalue weighted by Crippen LogP contribution is 2.20. The van der Waals surface area contributed by atoms with E-state index in [4.69, 9.17) is 0 Å². The molecule has 0 bridgehead atoms. The van der Waals surface area contributed by atoms with Crippen LogP contribution >= 0.6 is 15.9 Å². The van der Waals surface area contributed by atoms with Gasteiger partial charge in [0.05, 0.1) is 9.82 Å². The van der Waals surface area contributed by atoms with Gasteiger partial charge in [-0.1, -0.05) is 28.1 Å². The zero-order chi connectivity index (χ0) is 16.3. The normalized spacial score (nSPS) is 12.8. The molecule has 8 heteroatoms. The first-order valence-corrected chi connectivity index (χ1v) is 8.59. The van der Waals surface area contributed by atoms with Gasteiger partial charge < -0.3 is 0 Å². The molecule has 0 radical (unpaired) electrons. The van der Waals surface area contributed by atoms with Crippen molar-refractivity contribution in [3.8, 4) is 0 Å². The first-order valence-electron chi connectivity index (χ1n) is 6.32. The van der Waals surface area contributed by atoms with Crippen LogP contribution in [0.5, 0.6) is 0 Å². The van der Waals surface area contributed by atoms with Gasteiger partial charge in [0.25, 0.3) is 5.69 Å². The van der Waals surface area contributed by atoms with Crippen molar-refractivity contribution in [1.29, 1.82) is 0 Å². The Morgan fingerprint density at radius 1 is 1.09 bits per heavy atom. The maximum atomic E-state index is 12.3. The molecule has 0 saturated heterocycles. The molecule has 2 rings (SSSR count). The van der Waals surface area contributed by atoms with Crippen LogP contribution < -0.4 is 4.72 Å². The zero-order valence-electron chi connectivity index (χ0n) is 11.6. The second kappa shape index (κ2) is 6.55. The quantitative estimate of drug-likeness (QED) is 0.631. The Balaban J connectivity index is 2.19. The van der Waals surface area contributed by atoms with Crippen molar-refractivity contribution in [3.05, 3.63) is 68.7 Å². The highest BCUT2D eigenvalue weighted by molar-refractivity contribution is 9.10. The standard InChI is InChI=1S/C14H13BrN2O4S/c1-10(11-2-4-12(15)5-3-11)16-22(20,21)14-8-6-13(7-9-14)17(18)19/h2-10,16H,1H3/t10-/m1/s1. The Hall–Kier alpha value is -1.77. The molecule has 2 aromatic rings. The van der Waals surface area contributed by atoms with E-state index in [0.717, 1.165) is 10.0 Å². The number of hydrogen-bond donors (Lipinski definition) is 1. The molecular weight excluding hydrogens is 372 g/mol. The third-order valence-electron chi connectivity index (χ3n) is 3.06. The molecule has 0 spiro atoms. The Kier molecular flexibility index (Phi) is 4.94. The van der Waals surface area contributed by atoms with Crippen molar-refractivity contribution in [2.24, 2.45) is 0 Å². The molecule has 0 aromatic heterocycles. The summed E-state index contributed by atoms with van der Waals surface area (Å²) in [5.74, 6) is 0. The number of rotatable bonds is 5. The Morgan fingerprint density at radius 3 is 2.14 bits per heavy atom. The van der Waals surface area contributed by atoms with E-state index >= 15 is 0 Å². The lowest BCUT2D eigenvalue weighted by Crippen LogP contribution is -2.26. The van der Waals surface area contributed by atoms with Crippen LogP contribution in [-0.4, -0.2) is 13.3 Å². The van der Waals surface area contributed by atoms with Crippen LogP contribution in [0.1, 0.15) is 18.5 Å². The summed E-state index contributed by atoms with van der Waals surface area (Å²) in [5.41, 5.74) is 0.661. The number of nitrogens with one attached hydrogen (secondary N) is 1. The van der Waals surface area contributed by atoms with Gasteiger partial charge in [-0.15, -0.1) is 0 Å². The zero-order valence-corrected chi connectivity index (χ0v) is 14.0. The molecule has 0 fully saturated rings. The number of non-ortho nitro benzene ring substituents is 1. The van der Waals surface area contributed by atoms with Crippen molar-refractivity contribution in [2.75, 3.05) is 0 Å². The summed E-state index contributed by atoms with van der Waals surface area (Å²) in [6, 6.07) is 11.6. The number of hydrogen-bond acceptors (Lipinski definition) is 4. The summed E-state index contributed by atoms with van der Waals surface area (Å²) in [4.78, 5) is 10.0. The minimum Gasteiger partial charge on any atom is -0.258 e. The third-order valence-corrected chi connectivity index (χ3v) is 5.15. The number of sulfonamides is 1. The lowest BCUT2D eigenvalue weighted by atomic mass is 10.1. The molecule has 2 aromatic carbocycles. The predicted octanol–water partition coefficient (Wildman–Crippen LogP) is 3.40. The number of nitrogens with zero attached hydrogens (tertiary/aromatic N) is 1. The smallest absolute Gasteiger partial charge is 0.258 e. The fourth-order valence-electron chi connectivity index (χ4n) is 1.87. The van der Waals surface area contributed by atoms with Crippen LogP contribution in [0.4, 0.5) is 5.69 Å². The lowest BCUT2D eigenvalue weighted by molar-refractivity contribution is -0.384. The SMILES string of the molecule is C[C@@H](NS(=O)(=O)c1ccc([N+](=O)[O-])cc1)c1ccc(Br)cc1. The summed E-state index contributed by atoms with van der Waals surface area (Å²) in [6.07, 6.45) is 0. The number of nitro groups is 1. The minimum atomic E-state index is -3.74. The van der Waals surface area contributed by atoms with E-state index in [1.807, 2.05) is 24.3 Å². The predicted molar refractivity (Wildman–Crippen MR) is 86.0 cm³/mol. The molecule has 0 unspecified atom stereocenters. The molecule has 0 heterocycles. The van der Waals surface area contributed by atoms with E-state index < -0.39 is 21.0 Å². The summed E-state index contributed by atoms with van der Waals surface area (Å²) in [5, 5.41) is 10.6. The van der Waals surface area contributed by atoms with Crippen molar-refractivity contribution in [3.63, 3.8) is 0 Å². The van der Waals surface area contributed by atoms with Gasteiger partial charge in [-0.05, 0) is 36.8 Å². The van der Waals surface area contributed by atoms with Gasteiger partial charge >= 0.3 is 0 Å². The summed E-state index contributed by atoms with van der Waals surface area (Å²) in [6.45, 7) is 1.73. The minimum absolute atomic E-state index is 0.0120. The topological polar surface area (TPSA) is 89.3 Å². The first kappa shape index (κ1) is 16.6. The molecule has 6 nitrogen and oxygen atoms in total. The molecule has 0 saturated carbocycles. The first-order chi connectivity index (χ1) is 10.3. The van der Waals surface area contributed by atoms with Crippen molar-refractivity contribution in [1.82, 2.24) is 4.72 Å². The average Bonchev–Trinajstić information content (AvgIpc) is 2.47. The average molecular weight is 385 g/mol. The number of nitro benzene ring substituents is 1. The Bertz CT molecular complexity index is 773. The van der Waals surface area contributed by atoms with Crippen molar-refractivity contribution >= 4 is 31.6 Å². The van der Waals surface area contributed by atoms with Gasteiger partial charge in [0, 0.05) is 22.6 Å². The molecule has 22 heavy (non-hydrogen) atoms. The van der Waals surface area contributed by atoms with Crippen LogP contribution in [0.2, 0.25) is 0 Å². The third kappa shape index (κ3) is 3.90. The summed E-state index contributed by atoms with van der Waals surface area (Å²) in [7, 11) is -3.74. The Morgan fingerprint density at radius 2 is 1.64 bits per heavy atom. The fraction of sp³-hybridized carbons (Fsp3) is 0.143. The van der Waals surface area contributed by atoms with E-state index in [-0.39, 0.29) is 10.6 Å². The van der Waals surface area contributed by atoms with Crippen molar-refractivity contribution in [2.45, 2.75) is 17.9 Å². The van der Waals surface area contributed by atoms with Gasteiger partial charge in [0.2, 0.25) is 10.0 Å². The van der Waals surface area contributed by atoms with Crippen LogP contribution in [0.25, 0.3) is 0 Å². The highest BCUT2D eigenvalue weighted by atomic mass is 79.9. The van der Waals surface area contributed by atoms with E-state index in [9.17, 15) is 18.5 Å². The van der Waals surface area contributed by atoms with E-state index in [1.54, 1.807) is 6.92 Å². The largest absolute Gasteiger partial charge is 0.269 e. The second-order valence-electron chi connectivity index (χ2n) is 4.65. The lowest BCUT2D eigenvalue weighted by Gasteiger charge is -2.14. The number of halogens is 1. The molecular formula is C14H13BrN2O4S. The molecule has 1 N–H and O–H groups in total. The molecule has 0 aliphatic carbocycles. The molecule has 1 atom stereocenters. The van der Waals surface area contributed by atoms with Crippen LogP contribution in [-0.2, 0) is 10.0 Å². The second-order valence-corrected chi connectivity index (χ2v) is 7.28. The van der Waals surface area contributed by atoms with Gasteiger partial charge in [-0.2, -0.15) is 0 Å². The van der Waals surface area contributed by atoms with Gasteiger partial charge in [-0.25, -0.2) is 13.1 Å². The van der Waals surface area contributed by atoms with E-state index in [2.05, 4.69) is 20.7 Å². The fourth-order valence-corrected chi connectivity index (χ4v) is 3.36. The molecule has 0 amide bonds. The van der Waals surface area contributed by atoms with Gasteiger partial charge in [0.1, 0.15) is 0 Å².